The minimum atomic E-state index is 0.463. The Morgan fingerprint density at radius 1 is 0.867 bits per heavy atom. The summed E-state index contributed by atoms with van der Waals surface area (Å²) in [5.41, 5.74) is 4.37. The highest BCUT2D eigenvalue weighted by atomic mass is 16.5. The predicted molar refractivity (Wildman–Crippen MR) is 111 cm³/mol. The molecule has 0 saturated heterocycles. The molecule has 0 N–H and O–H groups in total. The Balaban J connectivity index is 1.50. The van der Waals surface area contributed by atoms with E-state index < -0.39 is 0 Å². The molecule has 30 heavy (non-hydrogen) atoms. The van der Waals surface area contributed by atoms with Crippen LogP contribution in [0, 0.1) is 0 Å². The Labute approximate surface area is 172 Å². The number of methoxy groups -OCH3 is 1. The first-order chi connectivity index (χ1) is 14.8. The molecule has 0 amide bonds. The van der Waals surface area contributed by atoms with Gasteiger partial charge in [-0.3, -0.25) is 4.98 Å². The number of hydrogen-bond donors (Lipinski definition) is 0. The van der Waals surface area contributed by atoms with Crippen LogP contribution in [0.3, 0.4) is 0 Å². The molecule has 0 bridgehead atoms. The van der Waals surface area contributed by atoms with E-state index in [0.717, 1.165) is 22.5 Å². The Kier molecular flexibility index (Phi) is 4.49. The molecule has 0 aliphatic rings. The SMILES string of the molecule is COc1cc(-n2nnc(-c3ccccn3)n2)ccc1-c1cccc(-n2cccn2)c1. The lowest BCUT2D eigenvalue weighted by Crippen LogP contribution is -2.01. The predicted octanol–water partition coefficient (Wildman–Crippen LogP) is 3.59. The molecule has 0 aliphatic carbocycles. The van der Waals surface area contributed by atoms with Crippen LogP contribution in [0.5, 0.6) is 5.75 Å². The zero-order valence-corrected chi connectivity index (χ0v) is 16.1. The molecule has 8 nitrogen and oxygen atoms in total. The lowest BCUT2D eigenvalue weighted by atomic mass is 10.0. The van der Waals surface area contributed by atoms with E-state index in [1.165, 1.54) is 4.80 Å². The van der Waals surface area contributed by atoms with Crippen LogP contribution in [-0.4, -0.2) is 42.1 Å². The Hall–Kier alpha value is -4.33. The van der Waals surface area contributed by atoms with Gasteiger partial charge in [0.2, 0.25) is 5.82 Å². The second kappa shape index (κ2) is 7.59. The summed E-state index contributed by atoms with van der Waals surface area (Å²) in [7, 11) is 1.65. The van der Waals surface area contributed by atoms with E-state index in [4.69, 9.17) is 4.74 Å². The Morgan fingerprint density at radius 2 is 1.83 bits per heavy atom. The molecule has 0 atom stereocenters. The lowest BCUT2D eigenvalue weighted by molar-refractivity contribution is 0.416. The molecule has 2 aromatic carbocycles. The topological polar surface area (TPSA) is 83.5 Å². The van der Waals surface area contributed by atoms with Crippen molar-refractivity contribution in [2.75, 3.05) is 7.11 Å². The fourth-order valence-corrected chi connectivity index (χ4v) is 3.20. The average Bonchev–Trinajstić information content (AvgIpc) is 3.52. The third-order valence-corrected chi connectivity index (χ3v) is 4.65. The standard InChI is InChI=1S/C22H17N7O/c1-30-21-15-18(29-26-22(25-27-29)20-8-2-3-11-23-20)9-10-19(21)16-6-4-7-17(14-16)28-13-5-12-24-28/h2-15H,1H3. The van der Waals surface area contributed by atoms with Crippen molar-refractivity contribution in [3.8, 4) is 39.8 Å². The number of tetrazole rings is 1. The first-order valence-electron chi connectivity index (χ1n) is 9.32. The minimum Gasteiger partial charge on any atom is -0.496 e. The van der Waals surface area contributed by atoms with Gasteiger partial charge in [-0.1, -0.05) is 18.2 Å². The number of hydrogen-bond acceptors (Lipinski definition) is 6. The molecule has 146 valence electrons. The van der Waals surface area contributed by atoms with Gasteiger partial charge in [-0.2, -0.15) is 5.10 Å². The summed E-state index contributed by atoms with van der Waals surface area (Å²) in [6.07, 6.45) is 5.37. The smallest absolute Gasteiger partial charge is 0.223 e. The number of aromatic nitrogens is 7. The van der Waals surface area contributed by atoms with E-state index in [-0.39, 0.29) is 0 Å². The summed E-state index contributed by atoms with van der Waals surface area (Å²) in [5, 5.41) is 17.0. The zero-order chi connectivity index (χ0) is 20.3. The molecular weight excluding hydrogens is 378 g/mol. The van der Waals surface area contributed by atoms with Gasteiger partial charge >= 0.3 is 0 Å². The maximum Gasteiger partial charge on any atom is 0.223 e. The normalized spacial score (nSPS) is 10.8. The summed E-state index contributed by atoms with van der Waals surface area (Å²) in [6, 6.07) is 21.4. The van der Waals surface area contributed by atoms with Crippen LogP contribution < -0.4 is 4.74 Å². The van der Waals surface area contributed by atoms with Crippen LogP contribution in [0.1, 0.15) is 0 Å². The Morgan fingerprint density at radius 3 is 2.63 bits per heavy atom. The third kappa shape index (κ3) is 3.30. The maximum atomic E-state index is 5.66. The molecule has 0 fully saturated rings. The number of rotatable bonds is 5. The second-order valence-electron chi connectivity index (χ2n) is 6.50. The van der Waals surface area contributed by atoms with E-state index in [9.17, 15) is 0 Å². The second-order valence-corrected chi connectivity index (χ2v) is 6.50. The molecule has 0 radical (unpaired) electrons. The molecule has 3 aromatic heterocycles. The van der Waals surface area contributed by atoms with Gasteiger partial charge in [-0.25, -0.2) is 4.68 Å². The highest BCUT2D eigenvalue weighted by Gasteiger charge is 2.12. The van der Waals surface area contributed by atoms with Crippen molar-refractivity contribution in [1.82, 2.24) is 35.0 Å². The number of nitrogens with zero attached hydrogens (tertiary/aromatic N) is 7. The van der Waals surface area contributed by atoms with Crippen molar-refractivity contribution in [2.24, 2.45) is 0 Å². The van der Waals surface area contributed by atoms with E-state index in [1.807, 2.05) is 71.5 Å². The van der Waals surface area contributed by atoms with Crippen LogP contribution in [0.25, 0.3) is 34.0 Å². The number of benzene rings is 2. The fraction of sp³-hybridized carbons (Fsp3) is 0.0455. The van der Waals surface area contributed by atoms with Crippen molar-refractivity contribution in [3.05, 3.63) is 85.3 Å². The molecule has 5 rings (SSSR count). The van der Waals surface area contributed by atoms with Gasteiger partial charge < -0.3 is 4.74 Å². The highest BCUT2D eigenvalue weighted by molar-refractivity contribution is 5.73. The first-order valence-corrected chi connectivity index (χ1v) is 9.32. The molecule has 0 saturated carbocycles. The van der Waals surface area contributed by atoms with E-state index in [1.54, 1.807) is 19.5 Å². The third-order valence-electron chi connectivity index (χ3n) is 4.65. The van der Waals surface area contributed by atoms with Crippen molar-refractivity contribution >= 4 is 0 Å². The molecule has 3 heterocycles. The van der Waals surface area contributed by atoms with Gasteiger partial charge in [-0.15, -0.1) is 15.0 Å². The first kappa shape index (κ1) is 17.7. The Bertz CT molecular complexity index is 1280. The summed E-state index contributed by atoms with van der Waals surface area (Å²) in [6.45, 7) is 0. The zero-order valence-electron chi connectivity index (χ0n) is 16.1. The van der Waals surface area contributed by atoms with Crippen LogP contribution in [0.4, 0.5) is 0 Å². The molecule has 0 unspecified atom stereocenters. The van der Waals surface area contributed by atoms with Gasteiger partial charge in [0.05, 0.1) is 18.5 Å². The van der Waals surface area contributed by atoms with Crippen LogP contribution in [0.15, 0.2) is 85.3 Å². The van der Waals surface area contributed by atoms with E-state index >= 15 is 0 Å². The molecule has 5 aromatic rings. The highest BCUT2D eigenvalue weighted by Crippen LogP contribution is 2.32. The van der Waals surface area contributed by atoms with Gasteiger partial charge in [0.1, 0.15) is 11.4 Å². The van der Waals surface area contributed by atoms with Crippen LogP contribution in [-0.2, 0) is 0 Å². The molecule has 0 aliphatic heterocycles. The van der Waals surface area contributed by atoms with Crippen molar-refractivity contribution in [3.63, 3.8) is 0 Å². The van der Waals surface area contributed by atoms with Crippen LogP contribution >= 0.6 is 0 Å². The number of pyridine rings is 1. The summed E-state index contributed by atoms with van der Waals surface area (Å²) >= 11 is 0. The van der Waals surface area contributed by atoms with E-state index in [2.05, 4.69) is 31.6 Å². The largest absolute Gasteiger partial charge is 0.496 e. The van der Waals surface area contributed by atoms with Gasteiger partial charge in [-0.05, 0) is 53.2 Å². The number of ether oxygens (including phenoxy) is 1. The summed E-state index contributed by atoms with van der Waals surface area (Å²) in [4.78, 5) is 5.73. The van der Waals surface area contributed by atoms with Crippen molar-refractivity contribution in [2.45, 2.75) is 0 Å². The van der Waals surface area contributed by atoms with Gasteiger partial charge in [0.25, 0.3) is 0 Å². The van der Waals surface area contributed by atoms with Crippen molar-refractivity contribution < 1.29 is 4.74 Å². The monoisotopic (exact) mass is 395 g/mol. The quantitative estimate of drug-likeness (QED) is 0.452. The summed E-state index contributed by atoms with van der Waals surface area (Å²) < 4.78 is 7.48. The molecular formula is C22H17N7O. The average molecular weight is 395 g/mol. The maximum absolute atomic E-state index is 5.66. The van der Waals surface area contributed by atoms with Crippen molar-refractivity contribution in [1.29, 1.82) is 0 Å². The van der Waals surface area contributed by atoms with Gasteiger partial charge in [0, 0.05) is 30.2 Å². The van der Waals surface area contributed by atoms with E-state index in [0.29, 0.717) is 17.3 Å². The fourth-order valence-electron chi connectivity index (χ4n) is 3.20. The summed E-state index contributed by atoms with van der Waals surface area (Å²) in [5.74, 6) is 1.17. The van der Waals surface area contributed by atoms with Crippen LogP contribution in [0.2, 0.25) is 0 Å². The van der Waals surface area contributed by atoms with Gasteiger partial charge in [0.15, 0.2) is 0 Å². The molecule has 8 heteroatoms. The lowest BCUT2D eigenvalue weighted by Gasteiger charge is -2.11. The molecule has 0 spiro atoms. The minimum absolute atomic E-state index is 0.463.